The predicted octanol–water partition coefficient (Wildman–Crippen LogP) is 3.78. The van der Waals surface area contributed by atoms with Crippen LogP contribution in [-0.2, 0) is 0 Å². The molecule has 4 rings (SSSR count). The number of nitrogens with one attached hydrogen (secondary N) is 1. The Bertz CT molecular complexity index is 1060. The fourth-order valence-corrected chi connectivity index (χ4v) is 4.42. The minimum atomic E-state index is -0.316. The number of hydrogen-bond donors (Lipinski definition) is 1. The molecule has 1 unspecified atom stereocenters. The van der Waals surface area contributed by atoms with E-state index in [1.807, 2.05) is 18.2 Å². The second-order valence-corrected chi connectivity index (χ2v) is 8.03. The van der Waals surface area contributed by atoms with E-state index in [4.69, 9.17) is 9.47 Å². The minimum absolute atomic E-state index is 0.134. The summed E-state index contributed by atoms with van der Waals surface area (Å²) in [6, 6.07) is 14.1. The number of carbonyl (C=O) groups is 2. The molecule has 0 bridgehead atoms. The molecule has 0 spiro atoms. The van der Waals surface area contributed by atoms with E-state index in [0.717, 1.165) is 12.8 Å². The molecule has 0 saturated carbocycles. The van der Waals surface area contributed by atoms with Crippen LogP contribution in [0.5, 0.6) is 11.5 Å². The van der Waals surface area contributed by atoms with E-state index in [1.54, 1.807) is 49.5 Å². The number of anilines is 1. The average molecular weight is 439 g/mol. The number of benzene rings is 2. The molecule has 1 aliphatic rings. The smallest absolute Gasteiger partial charge is 0.286 e. The number of ether oxygens (including phenoxy) is 2. The first-order valence-corrected chi connectivity index (χ1v) is 10.6. The van der Waals surface area contributed by atoms with Crippen LogP contribution in [0.3, 0.4) is 0 Å². The van der Waals surface area contributed by atoms with Crippen molar-refractivity contribution >= 4 is 28.8 Å². The molecule has 1 aromatic heterocycles. The van der Waals surface area contributed by atoms with Crippen LogP contribution in [0, 0.1) is 0 Å². The highest BCUT2D eigenvalue weighted by Gasteiger charge is 2.34. The van der Waals surface area contributed by atoms with Gasteiger partial charge in [-0.1, -0.05) is 29.5 Å². The monoisotopic (exact) mass is 438 g/mol. The quantitative estimate of drug-likeness (QED) is 0.629. The zero-order chi connectivity index (χ0) is 21.8. The third-order valence-corrected chi connectivity index (χ3v) is 6.09. The molecule has 1 saturated heterocycles. The van der Waals surface area contributed by atoms with Crippen molar-refractivity contribution in [3.63, 3.8) is 0 Å². The Balaban J connectivity index is 1.53. The lowest BCUT2D eigenvalue weighted by Crippen LogP contribution is -2.30. The molecule has 3 aromatic rings. The number of rotatable bonds is 6. The molecule has 1 aliphatic heterocycles. The van der Waals surface area contributed by atoms with Gasteiger partial charge in [0.05, 0.1) is 20.3 Å². The third-order valence-electron chi connectivity index (χ3n) is 5.06. The summed E-state index contributed by atoms with van der Waals surface area (Å²) in [5, 5.41) is 12.0. The molecule has 1 N–H and O–H groups in total. The van der Waals surface area contributed by atoms with Crippen LogP contribution >= 0.6 is 11.3 Å². The Kier molecular flexibility index (Phi) is 6.13. The molecular weight excluding hydrogens is 416 g/mol. The number of nitrogens with zero attached hydrogens (tertiary/aromatic N) is 3. The number of para-hydroxylation sites is 1. The van der Waals surface area contributed by atoms with Gasteiger partial charge in [0.15, 0.2) is 0 Å². The number of carbonyl (C=O) groups excluding carboxylic acids is 2. The molecule has 2 amide bonds. The Morgan fingerprint density at radius 2 is 1.77 bits per heavy atom. The summed E-state index contributed by atoms with van der Waals surface area (Å²) in [6.07, 6.45) is 1.62. The third kappa shape index (κ3) is 4.51. The molecule has 9 heteroatoms. The summed E-state index contributed by atoms with van der Waals surface area (Å²) >= 11 is 1.21. The maximum Gasteiger partial charge on any atom is 0.286 e. The predicted molar refractivity (Wildman–Crippen MR) is 117 cm³/mol. The summed E-state index contributed by atoms with van der Waals surface area (Å²) < 4.78 is 10.6. The number of amides is 2. The van der Waals surface area contributed by atoms with Gasteiger partial charge in [0, 0.05) is 23.9 Å². The largest absolute Gasteiger partial charge is 0.497 e. The summed E-state index contributed by atoms with van der Waals surface area (Å²) in [4.78, 5) is 27.5. The molecule has 1 fully saturated rings. The van der Waals surface area contributed by atoms with E-state index in [9.17, 15) is 9.59 Å². The Hall–Kier alpha value is -3.46. The van der Waals surface area contributed by atoms with Gasteiger partial charge in [-0.05, 0) is 37.1 Å². The molecule has 0 radical (unpaired) electrons. The van der Waals surface area contributed by atoms with Gasteiger partial charge < -0.3 is 19.7 Å². The molecule has 160 valence electrons. The van der Waals surface area contributed by atoms with Crippen LogP contribution in [0.15, 0.2) is 48.5 Å². The highest BCUT2D eigenvalue weighted by Crippen LogP contribution is 2.35. The second kappa shape index (κ2) is 9.13. The topological polar surface area (TPSA) is 93.7 Å². The maximum absolute atomic E-state index is 13.2. The van der Waals surface area contributed by atoms with Gasteiger partial charge in [-0.2, -0.15) is 0 Å². The lowest BCUT2D eigenvalue weighted by molar-refractivity contribution is 0.0734. The van der Waals surface area contributed by atoms with E-state index in [-0.39, 0.29) is 22.9 Å². The lowest BCUT2D eigenvalue weighted by Gasteiger charge is -2.23. The average Bonchev–Trinajstić information content (AvgIpc) is 3.48. The molecule has 2 heterocycles. The Morgan fingerprint density at radius 1 is 1.06 bits per heavy atom. The van der Waals surface area contributed by atoms with Gasteiger partial charge in [0.2, 0.25) is 5.01 Å². The molecule has 1 atom stereocenters. The summed E-state index contributed by atoms with van der Waals surface area (Å²) in [5.41, 5.74) is 1.17. The van der Waals surface area contributed by atoms with Gasteiger partial charge in [0.1, 0.15) is 16.5 Å². The molecule has 2 aromatic carbocycles. The summed E-state index contributed by atoms with van der Waals surface area (Å²) in [5.74, 6) is 0.650. The number of hydrogen-bond acceptors (Lipinski definition) is 7. The van der Waals surface area contributed by atoms with Crippen LogP contribution in [0.2, 0.25) is 0 Å². The van der Waals surface area contributed by atoms with Crippen molar-refractivity contribution in [1.29, 1.82) is 0 Å². The molecule has 0 aliphatic carbocycles. The van der Waals surface area contributed by atoms with Crippen molar-refractivity contribution in [1.82, 2.24) is 15.1 Å². The van der Waals surface area contributed by atoms with Crippen molar-refractivity contribution in [2.45, 2.75) is 18.9 Å². The lowest BCUT2D eigenvalue weighted by atomic mass is 10.1. The van der Waals surface area contributed by atoms with Crippen molar-refractivity contribution in [2.75, 3.05) is 26.1 Å². The summed E-state index contributed by atoms with van der Waals surface area (Å²) in [6.45, 7) is 0.605. The number of aromatic nitrogens is 2. The van der Waals surface area contributed by atoms with Crippen molar-refractivity contribution in [3.05, 3.63) is 64.1 Å². The van der Waals surface area contributed by atoms with Gasteiger partial charge >= 0.3 is 0 Å². The van der Waals surface area contributed by atoms with Crippen molar-refractivity contribution < 1.29 is 19.1 Å². The van der Waals surface area contributed by atoms with Gasteiger partial charge in [-0.25, -0.2) is 0 Å². The maximum atomic E-state index is 13.2. The van der Waals surface area contributed by atoms with E-state index < -0.39 is 0 Å². The van der Waals surface area contributed by atoms with E-state index >= 15 is 0 Å². The Morgan fingerprint density at radius 3 is 2.45 bits per heavy atom. The molecule has 31 heavy (non-hydrogen) atoms. The molecule has 8 nitrogen and oxygen atoms in total. The Labute approximate surface area is 183 Å². The first-order valence-electron chi connectivity index (χ1n) is 9.83. The van der Waals surface area contributed by atoms with Gasteiger partial charge in [-0.3, -0.25) is 9.59 Å². The van der Waals surface area contributed by atoms with Crippen LogP contribution in [-0.4, -0.2) is 47.7 Å². The zero-order valence-electron chi connectivity index (χ0n) is 17.2. The van der Waals surface area contributed by atoms with Crippen LogP contribution in [0.1, 0.15) is 44.1 Å². The van der Waals surface area contributed by atoms with Crippen LogP contribution in [0.4, 0.5) is 5.69 Å². The van der Waals surface area contributed by atoms with Crippen LogP contribution in [0.25, 0.3) is 0 Å². The normalized spacial score (nSPS) is 15.5. The second-order valence-electron chi connectivity index (χ2n) is 7.02. The SMILES string of the molecule is COc1cc(OC)cc(C(=O)N2CCCC2c2nnc(C(=O)Nc3ccccc3)s2)c1. The van der Waals surface area contributed by atoms with E-state index in [2.05, 4.69) is 15.5 Å². The van der Waals surface area contributed by atoms with Crippen molar-refractivity contribution in [3.8, 4) is 11.5 Å². The van der Waals surface area contributed by atoms with E-state index in [0.29, 0.717) is 34.3 Å². The fourth-order valence-electron chi connectivity index (χ4n) is 3.53. The highest BCUT2D eigenvalue weighted by atomic mass is 32.1. The summed E-state index contributed by atoms with van der Waals surface area (Å²) in [7, 11) is 3.09. The van der Waals surface area contributed by atoms with Gasteiger partial charge in [-0.15, -0.1) is 10.2 Å². The van der Waals surface area contributed by atoms with E-state index in [1.165, 1.54) is 11.3 Å². The molecular formula is C22H22N4O4S. The fraction of sp³-hybridized carbons (Fsp3) is 0.273. The number of likely N-dealkylation sites (tertiary alicyclic amines) is 1. The minimum Gasteiger partial charge on any atom is -0.497 e. The number of methoxy groups -OCH3 is 2. The highest BCUT2D eigenvalue weighted by molar-refractivity contribution is 7.13. The zero-order valence-corrected chi connectivity index (χ0v) is 18.0. The first kappa shape index (κ1) is 20.8. The first-order chi connectivity index (χ1) is 15.1. The van der Waals surface area contributed by atoms with Gasteiger partial charge in [0.25, 0.3) is 11.8 Å². The van der Waals surface area contributed by atoms with Crippen LogP contribution < -0.4 is 14.8 Å². The van der Waals surface area contributed by atoms with Crippen molar-refractivity contribution in [2.24, 2.45) is 0 Å². The standard InChI is InChI=1S/C22H22N4O4S/c1-29-16-11-14(12-17(13-16)30-2)22(28)26-10-6-9-18(26)20-24-25-21(31-20)19(27)23-15-7-4-3-5-8-15/h3-5,7-8,11-13,18H,6,9-10H2,1-2H3,(H,23,27).